The number of thiophene rings is 1. The average molecular weight is 529 g/mol. The summed E-state index contributed by atoms with van der Waals surface area (Å²) in [5.74, 6) is 0. The molecule has 0 aliphatic rings. The molecule has 2 nitrogen and oxygen atoms in total. The molecule has 0 aliphatic heterocycles. The molecular formula is C32H52N2S2. The fourth-order valence-corrected chi connectivity index (χ4v) is 7.00. The Morgan fingerprint density at radius 3 is 1.64 bits per heavy atom. The standard InChI is InChI=1S/C32H52N2S2/c1-3-5-7-9-11-13-15-17-19-21-23-28-25-26-35-31(28)32-34-29(30(27-33)36-32)24-22-20-18-16-14-12-10-8-6-4-2/h25-26H,3-24H2,1-2H3. The molecule has 0 radical (unpaired) electrons. The van der Waals surface area contributed by atoms with Crippen molar-refractivity contribution < 1.29 is 0 Å². The minimum Gasteiger partial charge on any atom is -0.239 e. The maximum absolute atomic E-state index is 9.69. The molecule has 2 aromatic rings. The van der Waals surface area contributed by atoms with Crippen LogP contribution in [0.3, 0.4) is 0 Å². The Labute approximate surface area is 231 Å². The van der Waals surface area contributed by atoms with Crippen LogP contribution in [-0.2, 0) is 12.8 Å². The zero-order valence-corrected chi connectivity index (χ0v) is 25.1. The molecule has 0 unspecified atom stereocenters. The predicted molar refractivity (Wildman–Crippen MR) is 161 cm³/mol. The van der Waals surface area contributed by atoms with Crippen LogP contribution < -0.4 is 0 Å². The minimum absolute atomic E-state index is 0.833. The lowest BCUT2D eigenvalue weighted by atomic mass is 10.0. The summed E-state index contributed by atoms with van der Waals surface area (Å²) in [7, 11) is 0. The van der Waals surface area contributed by atoms with Gasteiger partial charge in [-0.05, 0) is 42.7 Å². The third kappa shape index (κ3) is 12.9. The van der Waals surface area contributed by atoms with Gasteiger partial charge in [0.15, 0.2) is 0 Å². The first kappa shape index (κ1) is 31.0. The largest absolute Gasteiger partial charge is 0.239 e. The number of hydrogen-bond acceptors (Lipinski definition) is 4. The Hall–Kier alpha value is -1.18. The van der Waals surface area contributed by atoms with E-state index in [9.17, 15) is 5.26 Å². The van der Waals surface area contributed by atoms with Crippen molar-refractivity contribution in [3.63, 3.8) is 0 Å². The molecular weight excluding hydrogens is 477 g/mol. The molecule has 0 bridgehead atoms. The first-order valence-corrected chi connectivity index (χ1v) is 17.0. The maximum atomic E-state index is 9.69. The van der Waals surface area contributed by atoms with Crippen molar-refractivity contribution in [1.82, 2.24) is 4.98 Å². The van der Waals surface area contributed by atoms with Gasteiger partial charge in [-0.15, -0.1) is 22.7 Å². The third-order valence-electron chi connectivity index (χ3n) is 7.31. The van der Waals surface area contributed by atoms with E-state index < -0.39 is 0 Å². The molecule has 2 heterocycles. The van der Waals surface area contributed by atoms with E-state index in [-0.39, 0.29) is 0 Å². The van der Waals surface area contributed by atoms with Gasteiger partial charge < -0.3 is 0 Å². The van der Waals surface area contributed by atoms with Crippen LogP contribution in [0.1, 0.15) is 158 Å². The summed E-state index contributed by atoms with van der Waals surface area (Å²) >= 11 is 3.41. The van der Waals surface area contributed by atoms with Gasteiger partial charge in [0.1, 0.15) is 16.0 Å². The van der Waals surface area contributed by atoms with E-state index in [2.05, 4.69) is 31.4 Å². The molecule has 36 heavy (non-hydrogen) atoms. The number of aryl methyl sites for hydroxylation is 2. The molecule has 2 rings (SSSR count). The SMILES string of the molecule is CCCCCCCCCCCCc1ccsc1-c1nc(CCCCCCCCCCCC)c(C#N)s1. The Morgan fingerprint density at radius 2 is 1.14 bits per heavy atom. The van der Waals surface area contributed by atoms with E-state index in [0.717, 1.165) is 34.8 Å². The van der Waals surface area contributed by atoms with Crippen molar-refractivity contribution in [1.29, 1.82) is 5.26 Å². The second-order valence-corrected chi connectivity index (χ2v) is 12.5. The maximum Gasteiger partial charge on any atom is 0.135 e. The van der Waals surface area contributed by atoms with Gasteiger partial charge in [-0.3, -0.25) is 0 Å². The molecule has 0 saturated carbocycles. The van der Waals surface area contributed by atoms with Crippen LogP contribution >= 0.6 is 22.7 Å². The zero-order valence-electron chi connectivity index (χ0n) is 23.4. The highest BCUT2D eigenvalue weighted by Crippen LogP contribution is 2.35. The Kier molecular flexibility index (Phi) is 18.0. The van der Waals surface area contributed by atoms with E-state index >= 15 is 0 Å². The molecule has 0 aromatic carbocycles. The van der Waals surface area contributed by atoms with Gasteiger partial charge in [0.2, 0.25) is 0 Å². The van der Waals surface area contributed by atoms with Crippen molar-refractivity contribution in [3.05, 3.63) is 27.6 Å². The lowest BCUT2D eigenvalue weighted by molar-refractivity contribution is 0.555. The van der Waals surface area contributed by atoms with Crippen LogP contribution in [0.15, 0.2) is 11.4 Å². The molecule has 2 aromatic heterocycles. The molecule has 0 N–H and O–H groups in total. The first-order valence-electron chi connectivity index (χ1n) is 15.3. The highest BCUT2D eigenvalue weighted by molar-refractivity contribution is 7.21. The fraction of sp³-hybridized carbons (Fsp3) is 0.750. The van der Waals surface area contributed by atoms with Crippen LogP contribution in [0.5, 0.6) is 0 Å². The van der Waals surface area contributed by atoms with Crippen molar-refractivity contribution >= 4 is 22.7 Å². The normalized spacial score (nSPS) is 11.2. The van der Waals surface area contributed by atoms with Crippen LogP contribution in [0.25, 0.3) is 9.88 Å². The molecule has 0 fully saturated rings. The molecule has 202 valence electrons. The Balaban J connectivity index is 1.66. The zero-order chi connectivity index (χ0) is 25.7. The summed E-state index contributed by atoms with van der Waals surface area (Å²) < 4.78 is 0. The second kappa shape index (κ2) is 20.8. The molecule has 0 saturated heterocycles. The number of nitrogens with zero attached hydrogens (tertiary/aromatic N) is 2. The van der Waals surface area contributed by atoms with Crippen LogP contribution in [0.4, 0.5) is 0 Å². The smallest absolute Gasteiger partial charge is 0.135 e. The summed E-state index contributed by atoms with van der Waals surface area (Å²) in [4.78, 5) is 7.11. The Bertz CT molecular complexity index is 830. The van der Waals surface area contributed by atoms with E-state index in [0.29, 0.717) is 0 Å². The number of rotatable bonds is 23. The highest BCUT2D eigenvalue weighted by atomic mass is 32.1. The number of aromatic nitrogens is 1. The summed E-state index contributed by atoms with van der Waals surface area (Å²) in [5, 5.41) is 13.0. The molecule has 4 heteroatoms. The van der Waals surface area contributed by atoms with Crippen LogP contribution in [0.2, 0.25) is 0 Å². The summed E-state index contributed by atoms with van der Waals surface area (Å²) in [5.41, 5.74) is 2.47. The number of nitriles is 1. The van der Waals surface area contributed by atoms with E-state index in [1.807, 2.05) is 0 Å². The van der Waals surface area contributed by atoms with Crippen molar-refractivity contribution in [3.8, 4) is 16.0 Å². The average Bonchev–Trinajstić information content (AvgIpc) is 3.53. The van der Waals surface area contributed by atoms with Gasteiger partial charge in [0.25, 0.3) is 0 Å². The lowest BCUT2D eigenvalue weighted by Gasteiger charge is -2.03. The van der Waals surface area contributed by atoms with E-state index in [1.165, 1.54) is 132 Å². The second-order valence-electron chi connectivity index (χ2n) is 10.5. The number of hydrogen-bond donors (Lipinski definition) is 0. The van der Waals surface area contributed by atoms with Gasteiger partial charge in [-0.2, -0.15) is 5.26 Å². The highest BCUT2D eigenvalue weighted by Gasteiger charge is 2.16. The van der Waals surface area contributed by atoms with E-state index in [1.54, 1.807) is 22.7 Å². The van der Waals surface area contributed by atoms with Crippen LogP contribution in [0, 0.1) is 11.3 Å². The van der Waals surface area contributed by atoms with Gasteiger partial charge in [0.05, 0.1) is 10.6 Å². The van der Waals surface area contributed by atoms with Crippen LogP contribution in [-0.4, -0.2) is 4.98 Å². The Morgan fingerprint density at radius 1 is 0.667 bits per heavy atom. The summed E-state index contributed by atoms with van der Waals surface area (Å²) in [6.07, 6.45) is 29.3. The van der Waals surface area contributed by atoms with Crippen molar-refractivity contribution in [2.45, 2.75) is 155 Å². The summed E-state index contributed by atoms with van der Waals surface area (Å²) in [6, 6.07) is 4.71. The van der Waals surface area contributed by atoms with Gasteiger partial charge in [-0.25, -0.2) is 4.98 Å². The number of unbranched alkanes of at least 4 members (excludes halogenated alkanes) is 18. The van der Waals surface area contributed by atoms with Crippen molar-refractivity contribution in [2.24, 2.45) is 0 Å². The lowest BCUT2D eigenvalue weighted by Crippen LogP contribution is -1.91. The fourth-order valence-electron chi connectivity index (χ4n) is 5.01. The van der Waals surface area contributed by atoms with E-state index in [4.69, 9.17) is 4.98 Å². The quantitative estimate of drug-likeness (QED) is 0.134. The van der Waals surface area contributed by atoms with Gasteiger partial charge >= 0.3 is 0 Å². The first-order chi connectivity index (χ1) is 17.8. The minimum atomic E-state index is 0.833. The molecule has 0 amide bonds. The monoisotopic (exact) mass is 528 g/mol. The predicted octanol–water partition coefficient (Wildman–Crippen LogP) is 11.7. The molecule has 0 atom stereocenters. The summed E-state index contributed by atoms with van der Waals surface area (Å²) in [6.45, 7) is 4.57. The van der Waals surface area contributed by atoms with Gasteiger partial charge in [-0.1, -0.05) is 129 Å². The van der Waals surface area contributed by atoms with Crippen molar-refractivity contribution in [2.75, 3.05) is 0 Å². The van der Waals surface area contributed by atoms with Gasteiger partial charge in [0, 0.05) is 0 Å². The molecule has 0 aliphatic carbocycles. The number of thiazole rings is 1. The topological polar surface area (TPSA) is 36.7 Å². The molecule has 0 spiro atoms. The third-order valence-corrected chi connectivity index (χ3v) is 9.42.